The highest BCUT2D eigenvalue weighted by Gasteiger charge is 2.53. The van der Waals surface area contributed by atoms with Crippen LogP contribution in [0.1, 0.15) is 132 Å². The SMILES string of the molecule is CO[C@@H]1C(=O)[C@H](C)C[C@H](C)/C=C/C=C/C=C(\C)CC[C@@H]2CC[C@@H](C)[C@@](O)(O2)C(=O)C(=O)N2CCCC[C@H]2C(=O)O[C@@H]([C@H](C)C[C@@H]2CC[C@H](O)[C@H](OC)C2)CC(=O)[C@H](C)/C=C(\C)[C@H]1O. The molecule has 0 spiro atoms. The maximum Gasteiger partial charge on any atom is 0.329 e. The molecule has 0 unspecified atom stereocenters. The minimum absolute atomic E-state index is 0.0501. The zero-order valence-electron chi connectivity index (χ0n) is 39.3. The molecule has 3 fully saturated rings. The van der Waals surface area contributed by atoms with Gasteiger partial charge >= 0.3 is 5.97 Å². The van der Waals surface area contributed by atoms with E-state index in [-0.39, 0.29) is 54.8 Å². The fourth-order valence-electron chi connectivity index (χ4n) is 9.82. The highest BCUT2D eigenvalue weighted by molar-refractivity contribution is 6.39. The van der Waals surface area contributed by atoms with Gasteiger partial charge in [0.1, 0.15) is 30.1 Å². The van der Waals surface area contributed by atoms with Crippen molar-refractivity contribution in [3.05, 3.63) is 47.6 Å². The number of allylic oxidation sites excluding steroid dienone is 7. The topological polar surface area (TPSA) is 186 Å². The normalized spacial score (nSPS) is 40.1. The van der Waals surface area contributed by atoms with Crippen molar-refractivity contribution in [1.29, 1.82) is 0 Å². The number of methoxy groups -OCH3 is 2. The van der Waals surface area contributed by atoms with Crippen LogP contribution in [0, 0.1) is 35.5 Å². The smallest absolute Gasteiger partial charge is 0.329 e. The molecule has 14 atom stereocenters. The summed E-state index contributed by atoms with van der Waals surface area (Å²) in [5.41, 5.74) is 1.46. The fourth-order valence-corrected chi connectivity index (χ4v) is 9.82. The lowest BCUT2D eigenvalue weighted by Crippen LogP contribution is -2.60. The van der Waals surface area contributed by atoms with E-state index in [0.717, 1.165) is 12.0 Å². The number of cyclic esters (lactones) is 1. The number of ether oxygens (including phenoxy) is 4. The van der Waals surface area contributed by atoms with Gasteiger partial charge in [0.25, 0.3) is 11.7 Å². The summed E-state index contributed by atoms with van der Waals surface area (Å²) in [6.07, 6.45) is 13.1. The quantitative estimate of drug-likeness (QED) is 0.154. The number of Topliss-reactive ketones (excluding diaryl/α,β-unsaturated/α-hetero) is 3. The van der Waals surface area contributed by atoms with Crippen LogP contribution in [-0.4, -0.2) is 119 Å². The maximum atomic E-state index is 14.3. The van der Waals surface area contributed by atoms with E-state index in [1.54, 1.807) is 34.0 Å². The van der Waals surface area contributed by atoms with Crippen molar-refractivity contribution >= 4 is 29.2 Å². The molecule has 4 rings (SSSR count). The summed E-state index contributed by atoms with van der Waals surface area (Å²) in [5, 5.41) is 33.7. The van der Waals surface area contributed by atoms with Crippen LogP contribution in [0.4, 0.5) is 0 Å². The average Bonchev–Trinajstić information content (AvgIpc) is 3.26. The number of nitrogens with zero attached hydrogens (tertiary/aromatic N) is 1. The van der Waals surface area contributed by atoms with Crippen LogP contribution in [0.2, 0.25) is 0 Å². The molecule has 1 saturated carbocycles. The summed E-state index contributed by atoms with van der Waals surface area (Å²) in [6, 6.07) is -1.11. The fraction of sp³-hybridized carbons (Fsp3) is 0.740. The molecule has 0 aromatic heterocycles. The van der Waals surface area contributed by atoms with E-state index in [9.17, 15) is 39.3 Å². The highest BCUT2D eigenvalue weighted by atomic mass is 16.6. The van der Waals surface area contributed by atoms with E-state index < -0.39 is 77.8 Å². The van der Waals surface area contributed by atoms with Crippen LogP contribution in [0.25, 0.3) is 0 Å². The molecule has 3 N–H and O–H groups in total. The van der Waals surface area contributed by atoms with Crippen molar-refractivity contribution in [2.75, 3.05) is 20.8 Å². The number of rotatable bonds is 5. The molecule has 2 bridgehead atoms. The Morgan fingerprint density at radius 1 is 0.889 bits per heavy atom. The number of carbonyl (C=O) groups excluding carboxylic acids is 5. The molecular formula is C50H77NO12. The Bertz CT molecular complexity index is 1700. The Hall–Kier alpha value is -3.33. The molecule has 13 heteroatoms. The molecule has 3 heterocycles. The second-order valence-corrected chi connectivity index (χ2v) is 19.3. The van der Waals surface area contributed by atoms with Crippen LogP contribution < -0.4 is 0 Å². The Balaban J connectivity index is 1.67. The predicted molar refractivity (Wildman–Crippen MR) is 239 cm³/mol. The molecule has 1 amide bonds. The Kier molecular flexibility index (Phi) is 20.1. The molecule has 1 aliphatic carbocycles. The highest BCUT2D eigenvalue weighted by Crippen LogP contribution is 2.37. The van der Waals surface area contributed by atoms with Crippen molar-refractivity contribution in [1.82, 2.24) is 4.90 Å². The molecule has 3 aliphatic heterocycles. The van der Waals surface area contributed by atoms with Gasteiger partial charge in [0, 0.05) is 44.9 Å². The first kappa shape index (κ1) is 52.3. The van der Waals surface area contributed by atoms with Gasteiger partial charge in [-0.2, -0.15) is 0 Å². The van der Waals surface area contributed by atoms with E-state index in [0.29, 0.717) is 69.8 Å². The Labute approximate surface area is 375 Å². The largest absolute Gasteiger partial charge is 0.460 e. The molecule has 354 valence electrons. The van der Waals surface area contributed by atoms with Gasteiger partial charge in [-0.1, -0.05) is 76.6 Å². The molecule has 0 aromatic rings. The first-order valence-corrected chi connectivity index (χ1v) is 23.4. The minimum Gasteiger partial charge on any atom is -0.460 e. The van der Waals surface area contributed by atoms with Crippen LogP contribution in [0.3, 0.4) is 0 Å². The van der Waals surface area contributed by atoms with E-state index in [4.69, 9.17) is 18.9 Å². The van der Waals surface area contributed by atoms with Gasteiger partial charge in [-0.3, -0.25) is 19.2 Å². The van der Waals surface area contributed by atoms with Crippen LogP contribution >= 0.6 is 0 Å². The van der Waals surface area contributed by atoms with Gasteiger partial charge in [-0.25, -0.2) is 4.79 Å². The second kappa shape index (κ2) is 24.3. The van der Waals surface area contributed by atoms with E-state index >= 15 is 0 Å². The summed E-state index contributed by atoms with van der Waals surface area (Å²) in [4.78, 5) is 71.4. The van der Waals surface area contributed by atoms with E-state index in [1.165, 1.54) is 12.0 Å². The lowest BCUT2D eigenvalue weighted by atomic mass is 9.78. The van der Waals surface area contributed by atoms with E-state index in [2.05, 4.69) is 0 Å². The maximum absolute atomic E-state index is 14.3. The molecule has 63 heavy (non-hydrogen) atoms. The number of carbonyl (C=O) groups is 5. The molecule has 13 nitrogen and oxygen atoms in total. The number of amides is 1. The van der Waals surface area contributed by atoms with Crippen LogP contribution in [0.5, 0.6) is 0 Å². The summed E-state index contributed by atoms with van der Waals surface area (Å²) >= 11 is 0. The Morgan fingerprint density at radius 3 is 2.32 bits per heavy atom. The van der Waals surface area contributed by atoms with Gasteiger partial charge in [-0.05, 0) is 114 Å². The third kappa shape index (κ3) is 14.1. The predicted octanol–water partition coefficient (Wildman–Crippen LogP) is 6.56. The zero-order valence-corrected chi connectivity index (χ0v) is 39.3. The second-order valence-electron chi connectivity index (χ2n) is 19.3. The summed E-state index contributed by atoms with van der Waals surface area (Å²) in [6.45, 7) is 12.9. The number of fused-ring (bicyclic) bond motifs is 3. The number of esters is 1. The van der Waals surface area contributed by atoms with Crippen molar-refractivity contribution in [2.45, 2.75) is 180 Å². The summed E-state index contributed by atoms with van der Waals surface area (Å²) in [7, 11) is 2.95. The van der Waals surface area contributed by atoms with Gasteiger partial charge < -0.3 is 39.2 Å². The average molecular weight is 884 g/mol. The van der Waals surface area contributed by atoms with Crippen molar-refractivity contribution in [2.24, 2.45) is 35.5 Å². The standard InChI is InChI=1S/C50H77NO12/c1-30-15-11-10-12-16-31(2)25-34(5)44(54)46(61-9)45(55)35(6)26-32(3)41(53)29-42(33(4)27-37-20-23-40(52)43(28-37)60-8)62-49(58)39-17-13-14-24-51(39)48(57)47(56)50(59)36(7)19-22-38(63-50)21-18-30/h10-12,15-16,26,31-34,36-40,42-43,45-46,52,55,59H,13-14,17-25,27-29H2,1-9H3/b11-10+,16-12+,30-15+,35-26+/t31-,32-,33-,34-,36-,37+,38-,39+,40+,42-,43-,45-,46-,50-/m1/s1. The van der Waals surface area contributed by atoms with Gasteiger partial charge in [0.2, 0.25) is 5.79 Å². The number of ketones is 3. The lowest BCUT2D eigenvalue weighted by Gasteiger charge is -2.42. The number of aliphatic hydroxyl groups excluding tert-OH is 2. The van der Waals surface area contributed by atoms with Gasteiger partial charge in [0.15, 0.2) is 5.78 Å². The van der Waals surface area contributed by atoms with Gasteiger partial charge in [-0.15, -0.1) is 0 Å². The first-order valence-electron chi connectivity index (χ1n) is 23.4. The Morgan fingerprint density at radius 2 is 1.62 bits per heavy atom. The first-order chi connectivity index (χ1) is 29.8. The summed E-state index contributed by atoms with van der Waals surface area (Å²) < 4.78 is 23.5. The lowest BCUT2D eigenvalue weighted by molar-refractivity contribution is -0.263. The van der Waals surface area contributed by atoms with Crippen LogP contribution in [0.15, 0.2) is 47.6 Å². The number of piperidine rings is 1. The molecule has 0 radical (unpaired) electrons. The monoisotopic (exact) mass is 884 g/mol. The molecule has 0 aromatic carbocycles. The van der Waals surface area contributed by atoms with E-state index in [1.807, 2.05) is 58.1 Å². The third-order valence-corrected chi connectivity index (χ3v) is 14.1. The third-order valence-electron chi connectivity index (χ3n) is 14.1. The molecular weight excluding hydrogens is 807 g/mol. The molecule has 2 saturated heterocycles. The van der Waals surface area contributed by atoms with Gasteiger partial charge in [0.05, 0.1) is 18.3 Å². The zero-order chi connectivity index (χ0) is 46.6. The van der Waals surface area contributed by atoms with Crippen molar-refractivity contribution in [3.8, 4) is 0 Å². The number of aliphatic hydroxyl groups is 3. The number of hydrogen-bond donors (Lipinski definition) is 3. The van der Waals surface area contributed by atoms with Crippen molar-refractivity contribution < 1.29 is 58.2 Å². The number of hydrogen-bond acceptors (Lipinski definition) is 12. The van der Waals surface area contributed by atoms with Crippen molar-refractivity contribution in [3.63, 3.8) is 0 Å². The molecule has 4 aliphatic rings. The summed E-state index contributed by atoms with van der Waals surface area (Å²) in [5.74, 6) is -7.65. The van der Waals surface area contributed by atoms with Crippen LogP contribution in [-0.2, 0) is 42.9 Å². The minimum atomic E-state index is -2.36.